The van der Waals surface area contributed by atoms with E-state index in [-0.39, 0.29) is 17.3 Å². The molecule has 1 aliphatic rings. The van der Waals surface area contributed by atoms with E-state index >= 15 is 0 Å². The van der Waals surface area contributed by atoms with Crippen LogP contribution >= 0.6 is 15.9 Å². The third kappa shape index (κ3) is 5.64. The van der Waals surface area contributed by atoms with Gasteiger partial charge in [-0.05, 0) is 60.2 Å². The summed E-state index contributed by atoms with van der Waals surface area (Å²) in [5.74, 6) is 0.0168. The predicted octanol–water partition coefficient (Wildman–Crippen LogP) is 5.42. The number of nitrogens with zero attached hydrogens (tertiary/aromatic N) is 1. The number of esters is 2. The van der Waals surface area contributed by atoms with Crippen LogP contribution in [-0.4, -0.2) is 24.9 Å². The second kappa shape index (κ2) is 10.1. The van der Waals surface area contributed by atoms with Gasteiger partial charge in [-0.2, -0.15) is 0 Å². The van der Waals surface area contributed by atoms with Crippen molar-refractivity contribution in [3.63, 3.8) is 0 Å². The van der Waals surface area contributed by atoms with E-state index in [1.807, 2.05) is 30.3 Å². The molecule has 0 aromatic heterocycles. The van der Waals surface area contributed by atoms with Gasteiger partial charge in [0.1, 0.15) is 11.5 Å². The quantitative estimate of drug-likeness (QED) is 0.255. The Morgan fingerprint density at radius 2 is 1.79 bits per heavy atom. The van der Waals surface area contributed by atoms with E-state index in [4.69, 9.17) is 14.2 Å². The van der Waals surface area contributed by atoms with Crippen molar-refractivity contribution >= 4 is 45.9 Å². The molecule has 7 heteroatoms. The van der Waals surface area contributed by atoms with Gasteiger partial charge in [-0.1, -0.05) is 46.3 Å². The lowest BCUT2D eigenvalue weighted by atomic mass is 10.1. The minimum atomic E-state index is -0.595. The topological polar surface area (TPSA) is 74.2 Å². The van der Waals surface area contributed by atoms with Crippen LogP contribution in [0.2, 0.25) is 0 Å². The minimum Gasteiger partial charge on any atom is -0.497 e. The Bertz CT molecular complexity index is 1280. The second-order valence-corrected chi connectivity index (χ2v) is 7.83. The summed E-state index contributed by atoms with van der Waals surface area (Å²) in [5.41, 5.74) is 2.11. The fourth-order valence-electron chi connectivity index (χ4n) is 3.01. The summed E-state index contributed by atoms with van der Waals surface area (Å²) >= 11 is 3.40. The van der Waals surface area contributed by atoms with E-state index in [2.05, 4.69) is 20.9 Å². The van der Waals surface area contributed by atoms with Crippen molar-refractivity contribution in [3.8, 4) is 11.5 Å². The number of rotatable bonds is 6. The van der Waals surface area contributed by atoms with E-state index in [9.17, 15) is 9.59 Å². The number of hydrogen-bond donors (Lipinski definition) is 0. The highest BCUT2D eigenvalue weighted by Crippen LogP contribution is 2.28. The molecule has 0 saturated carbocycles. The van der Waals surface area contributed by atoms with Crippen LogP contribution in [0.4, 0.5) is 0 Å². The molecule has 1 aliphatic heterocycles. The number of ether oxygens (including phenoxy) is 3. The van der Waals surface area contributed by atoms with E-state index in [1.165, 1.54) is 12.2 Å². The molecule has 4 rings (SSSR count). The van der Waals surface area contributed by atoms with Gasteiger partial charge >= 0.3 is 11.9 Å². The van der Waals surface area contributed by atoms with Crippen LogP contribution in [-0.2, 0) is 14.3 Å². The molecule has 0 fully saturated rings. The first kappa shape index (κ1) is 22.2. The number of aliphatic imine (C=N–C) groups is 1. The van der Waals surface area contributed by atoms with E-state index in [0.29, 0.717) is 16.9 Å². The molecular weight excluding hydrogens is 486 g/mol. The average molecular weight is 504 g/mol. The first-order chi connectivity index (χ1) is 16.0. The zero-order chi connectivity index (χ0) is 23.2. The highest BCUT2D eigenvalue weighted by molar-refractivity contribution is 9.10. The van der Waals surface area contributed by atoms with Crippen molar-refractivity contribution in [2.24, 2.45) is 4.99 Å². The number of methoxy groups -OCH3 is 1. The van der Waals surface area contributed by atoms with Crippen LogP contribution < -0.4 is 9.47 Å². The van der Waals surface area contributed by atoms with Crippen molar-refractivity contribution < 1.29 is 23.8 Å². The molecule has 0 aliphatic carbocycles. The van der Waals surface area contributed by atoms with Crippen molar-refractivity contribution in [3.05, 3.63) is 106 Å². The molecule has 3 aromatic carbocycles. The highest BCUT2D eigenvalue weighted by Gasteiger charge is 2.25. The molecule has 33 heavy (non-hydrogen) atoms. The number of cyclic esters (lactones) is 1. The summed E-state index contributed by atoms with van der Waals surface area (Å²) < 4.78 is 16.7. The van der Waals surface area contributed by atoms with Gasteiger partial charge in [0.05, 0.1) is 7.11 Å². The summed E-state index contributed by atoms with van der Waals surface area (Å²) in [6.45, 7) is 0. The highest BCUT2D eigenvalue weighted by atomic mass is 79.9. The van der Waals surface area contributed by atoms with Crippen LogP contribution in [0.15, 0.2) is 94.0 Å². The van der Waals surface area contributed by atoms with Crippen LogP contribution in [0.1, 0.15) is 16.7 Å². The molecule has 0 N–H and O–H groups in total. The van der Waals surface area contributed by atoms with Crippen LogP contribution in [0.25, 0.3) is 12.2 Å². The Labute approximate surface area is 199 Å². The van der Waals surface area contributed by atoms with Gasteiger partial charge in [-0.25, -0.2) is 14.6 Å². The smallest absolute Gasteiger partial charge is 0.363 e. The molecule has 0 bridgehead atoms. The Morgan fingerprint density at radius 1 is 1.03 bits per heavy atom. The molecule has 3 aromatic rings. The largest absolute Gasteiger partial charge is 0.497 e. The maximum Gasteiger partial charge on any atom is 0.363 e. The Morgan fingerprint density at radius 3 is 2.52 bits per heavy atom. The molecule has 0 amide bonds. The second-order valence-electron chi connectivity index (χ2n) is 6.91. The first-order valence-corrected chi connectivity index (χ1v) is 10.7. The molecule has 0 spiro atoms. The van der Waals surface area contributed by atoms with Crippen molar-refractivity contribution in [2.45, 2.75) is 0 Å². The van der Waals surface area contributed by atoms with Crippen molar-refractivity contribution in [2.75, 3.05) is 7.11 Å². The normalized spacial score (nSPS) is 14.3. The summed E-state index contributed by atoms with van der Waals surface area (Å²) in [5, 5.41) is 0. The van der Waals surface area contributed by atoms with Crippen molar-refractivity contribution in [1.82, 2.24) is 0 Å². The lowest BCUT2D eigenvalue weighted by Crippen LogP contribution is -2.06. The lowest BCUT2D eigenvalue weighted by molar-refractivity contribution is -0.130. The summed E-state index contributed by atoms with van der Waals surface area (Å²) in [4.78, 5) is 29.1. The fraction of sp³-hybridized carbons (Fsp3) is 0.0385. The minimum absolute atomic E-state index is 0.0936. The van der Waals surface area contributed by atoms with Crippen LogP contribution in [0.5, 0.6) is 11.5 Å². The molecule has 6 nitrogen and oxygen atoms in total. The average Bonchev–Trinajstić information content (AvgIpc) is 3.20. The summed E-state index contributed by atoms with van der Waals surface area (Å²) in [6, 6.07) is 21.5. The number of halogens is 1. The summed E-state index contributed by atoms with van der Waals surface area (Å²) in [7, 11) is 1.57. The maximum atomic E-state index is 12.4. The lowest BCUT2D eigenvalue weighted by Gasteiger charge is -2.06. The molecule has 1 heterocycles. The molecule has 164 valence electrons. The van der Waals surface area contributed by atoms with Crippen molar-refractivity contribution in [1.29, 1.82) is 0 Å². The van der Waals surface area contributed by atoms with Gasteiger partial charge in [0, 0.05) is 21.7 Å². The standard InChI is InChI=1S/C26H18BrNO5/c1-31-21-11-8-18(9-12-21)25-28-22(26(30)33-25)16-19-15-20(27)10-13-23(19)32-24(29)14-7-17-5-3-2-4-6-17/h2-16H,1H3/b14-7+,22-16+. The van der Waals surface area contributed by atoms with Gasteiger partial charge in [0.15, 0.2) is 5.70 Å². The Balaban J connectivity index is 1.57. The SMILES string of the molecule is COc1ccc(C2=N/C(=C/c3cc(Br)ccc3OC(=O)/C=C/c3ccccc3)C(=O)O2)cc1. The molecule has 0 radical (unpaired) electrons. The fourth-order valence-corrected chi connectivity index (χ4v) is 3.39. The first-order valence-electron chi connectivity index (χ1n) is 9.93. The Hall–Kier alpha value is -3.97. The molecule has 0 saturated heterocycles. The number of hydrogen-bond acceptors (Lipinski definition) is 6. The molecular formula is C26H18BrNO5. The zero-order valence-corrected chi connectivity index (χ0v) is 19.1. The monoisotopic (exact) mass is 503 g/mol. The maximum absolute atomic E-state index is 12.4. The van der Waals surface area contributed by atoms with Gasteiger partial charge in [0.2, 0.25) is 5.90 Å². The third-order valence-corrected chi connectivity index (χ3v) is 5.14. The molecule has 0 atom stereocenters. The molecule has 0 unspecified atom stereocenters. The Kier molecular flexibility index (Phi) is 6.80. The van der Waals surface area contributed by atoms with Gasteiger partial charge in [-0.3, -0.25) is 0 Å². The predicted molar refractivity (Wildman–Crippen MR) is 129 cm³/mol. The van der Waals surface area contributed by atoms with Gasteiger partial charge < -0.3 is 14.2 Å². The van der Waals surface area contributed by atoms with E-state index in [0.717, 1.165) is 10.0 Å². The van der Waals surface area contributed by atoms with E-state index in [1.54, 1.807) is 55.7 Å². The van der Waals surface area contributed by atoms with Crippen LogP contribution in [0, 0.1) is 0 Å². The number of benzene rings is 3. The number of carbonyl (C=O) groups is 2. The summed E-state index contributed by atoms with van der Waals surface area (Å²) in [6.07, 6.45) is 4.53. The van der Waals surface area contributed by atoms with Crippen LogP contribution in [0.3, 0.4) is 0 Å². The van der Waals surface area contributed by atoms with Gasteiger partial charge in [0.25, 0.3) is 0 Å². The van der Waals surface area contributed by atoms with Gasteiger partial charge in [-0.15, -0.1) is 0 Å². The number of carbonyl (C=O) groups excluding carboxylic acids is 2. The zero-order valence-electron chi connectivity index (χ0n) is 17.5. The van der Waals surface area contributed by atoms with E-state index < -0.39 is 11.9 Å². The third-order valence-electron chi connectivity index (χ3n) is 4.64.